The summed E-state index contributed by atoms with van der Waals surface area (Å²) in [6.07, 6.45) is 1.96. The first-order chi connectivity index (χ1) is 12.3. The highest BCUT2D eigenvalue weighted by Crippen LogP contribution is 2.32. The van der Waals surface area contributed by atoms with Crippen molar-refractivity contribution in [3.05, 3.63) is 40.3 Å². The summed E-state index contributed by atoms with van der Waals surface area (Å²) < 4.78 is 0.383. The van der Waals surface area contributed by atoms with Crippen LogP contribution in [0.25, 0.3) is 6.08 Å². The van der Waals surface area contributed by atoms with Gasteiger partial charge in [-0.25, -0.2) is 0 Å². The van der Waals surface area contributed by atoms with Crippen molar-refractivity contribution in [2.75, 3.05) is 6.54 Å². The monoisotopic (exact) mass is 391 g/mol. The van der Waals surface area contributed by atoms with E-state index in [0.717, 1.165) is 11.1 Å². The van der Waals surface area contributed by atoms with E-state index in [9.17, 15) is 19.5 Å². The first-order valence-corrected chi connectivity index (χ1v) is 9.36. The van der Waals surface area contributed by atoms with Crippen LogP contribution in [0.5, 0.6) is 0 Å². The lowest BCUT2D eigenvalue weighted by Gasteiger charge is -2.19. The highest BCUT2D eigenvalue weighted by molar-refractivity contribution is 8.26. The number of nitrogens with zero attached hydrogens (tertiary/aromatic N) is 1. The Morgan fingerprint density at radius 1 is 1.35 bits per heavy atom. The van der Waals surface area contributed by atoms with Gasteiger partial charge in [-0.1, -0.05) is 60.7 Å². The second kappa shape index (κ2) is 8.95. The summed E-state index contributed by atoms with van der Waals surface area (Å²) >= 11 is 6.42. The van der Waals surface area contributed by atoms with Gasteiger partial charge in [0.1, 0.15) is 4.32 Å². The number of aryl methyl sites for hydroxylation is 1. The van der Waals surface area contributed by atoms with E-state index < -0.39 is 17.9 Å². The number of hydrogen-bond acceptors (Lipinski definition) is 6. The second-order valence-electron chi connectivity index (χ2n) is 5.84. The van der Waals surface area contributed by atoms with Crippen LogP contribution in [0.15, 0.2) is 29.2 Å². The molecule has 6 nitrogen and oxygen atoms in total. The van der Waals surface area contributed by atoms with Crippen molar-refractivity contribution in [2.45, 2.75) is 32.7 Å². The van der Waals surface area contributed by atoms with Crippen LogP contribution < -0.4 is 10.4 Å². The Balaban J connectivity index is 1.97. The summed E-state index contributed by atoms with van der Waals surface area (Å²) in [6.45, 7) is 3.72. The van der Waals surface area contributed by atoms with E-state index in [1.807, 2.05) is 31.2 Å². The van der Waals surface area contributed by atoms with Gasteiger partial charge in [-0.05, 0) is 25.0 Å². The molecule has 0 aliphatic carbocycles. The minimum atomic E-state index is -1.33. The molecule has 0 radical (unpaired) electrons. The number of aliphatic carboxylic acids is 1. The average molecular weight is 391 g/mol. The van der Waals surface area contributed by atoms with Crippen molar-refractivity contribution in [3.63, 3.8) is 0 Å². The van der Waals surface area contributed by atoms with Crippen LogP contribution in [0, 0.1) is 6.92 Å². The maximum absolute atomic E-state index is 12.5. The van der Waals surface area contributed by atoms with Crippen molar-refractivity contribution in [2.24, 2.45) is 0 Å². The summed E-state index contributed by atoms with van der Waals surface area (Å²) in [6, 6.07) is 6.71. The number of nitrogens with one attached hydrogen (secondary N) is 1. The molecule has 1 fully saturated rings. The summed E-state index contributed by atoms with van der Waals surface area (Å²) in [4.78, 5) is 37.1. The van der Waals surface area contributed by atoms with Crippen molar-refractivity contribution < 1.29 is 19.5 Å². The Labute approximate surface area is 161 Å². The fourth-order valence-electron chi connectivity index (χ4n) is 2.31. The fourth-order valence-corrected chi connectivity index (χ4v) is 3.62. The largest absolute Gasteiger partial charge is 0.548 e. The van der Waals surface area contributed by atoms with Gasteiger partial charge in [0.15, 0.2) is 0 Å². The zero-order valence-electron chi connectivity index (χ0n) is 14.5. The smallest absolute Gasteiger partial charge is 0.266 e. The number of rotatable bonds is 7. The number of thioether (sulfide) groups is 1. The molecule has 1 aromatic carbocycles. The number of carbonyl (C=O) groups is 3. The molecule has 1 N–H and O–H groups in total. The van der Waals surface area contributed by atoms with Gasteiger partial charge in [0.25, 0.3) is 5.91 Å². The van der Waals surface area contributed by atoms with Crippen LogP contribution >= 0.6 is 24.0 Å². The second-order valence-corrected chi connectivity index (χ2v) is 7.52. The lowest BCUT2D eigenvalue weighted by molar-refractivity contribution is -0.308. The van der Waals surface area contributed by atoms with E-state index in [1.165, 1.54) is 16.7 Å². The number of hydrogen-bond donors (Lipinski definition) is 1. The van der Waals surface area contributed by atoms with Gasteiger partial charge in [0.2, 0.25) is 5.91 Å². The zero-order chi connectivity index (χ0) is 19.3. The van der Waals surface area contributed by atoms with Crippen molar-refractivity contribution in [1.29, 1.82) is 0 Å². The third-order valence-corrected chi connectivity index (χ3v) is 5.22. The minimum absolute atomic E-state index is 0.0337. The van der Waals surface area contributed by atoms with E-state index in [0.29, 0.717) is 9.23 Å². The number of carboxylic acids is 1. The number of thiocarbonyl (C=S) groups is 1. The molecule has 1 saturated heterocycles. The maximum Gasteiger partial charge on any atom is 0.266 e. The summed E-state index contributed by atoms with van der Waals surface area (Å²) in [5.74, 6) is -2.04. The highest BCUT2D eigenvalue weighted by Gasteiger charge is 2.32. The third kappa shape index (κ3) is 5.15. The van der Waals surface area contributed by atoms with Crippen molar-refractivity contribution >= 4 is 52.2 Å². The standard InChI is InChI=1S/C18H20N2O4S2/c1-3-13(17(23)24)19-15(21)8-9-20-16(22)14(26-18(20)25)10-12-6-4-11(2)5-7-12/h4-7,10,13H,3,8-9H2,1-2H3,(H,19,21)(H,23,24)/p-1/b14-10+/t13-/m1/s1. The molecule has 1 aliphatic heterocycles. The van der Waals surface area contributed by atoms with Gasteiger partial charge in [0, 0.05) is 13.0 Å². The molecule has 26 heavy (non-hydrogen) atoms. The Kier molecular flexibility index (Phi) is 6.93. The molecule has 1 heterocycles. The first kappa shape index (κ1) is 20.1. The number of carbonyl (C=O) groups excluding carboxylic acids is 3. The molecule has 0 aromatic heterocycles. The number of carboxylic acid groups (broad SMARTS) is 1. The predicted octanol–water partition coefficient (Wildman–Crippen LogP) is 1.23. The lowest BCUT2D eigenvalue weighted by atomic mass is 10.1. The van der Waals surface area contributed by atoms with E-state index in [1.54, 1.807) is 13.0 Å². The SMILES string of the molecule is CC[C@@H](NC(=O)CCN1C(=O)/C(=C\c2ccc(C)cc2)SC1=S)C(=O)[O-]. The molecule has 2 rings (SSSR count). The summed E-state index contributed by atoms with van der Waals surface area (Å²) in [7, 11) is 0. The van der Waals surface area contributed by atoms with Gasteiger partial charge in [-0.3, -0.25) is 14.5 Å². The first-order valence-electron chi connectivity index (χ1n) is 8.14. The normalized spacial score (nSPS) is 16.8. The zero-order valence-corrected chi connectivity index (χ0v) is 16.1. The molecule has 0 bridgehead atoms. The van der Waals surface area contributed by atoms with Gasteiger partial charge >= 0.3 is 0 Å². The van der Waals surface area contributed by atoms with Gasteiger partial charge in [-0.15, -0.1) is 0 Å². The molecule has 1 atom stereocenters. The third-order valence-electron chi connectivity index (χ3n) is 3.84. The number of benzene rings is 1. The van der Waals surface area contributed by atoms with E-state index >= 15 is 0 Å². The average Bonchev–Trinajstić information content (AvgIpc) is 2.86. The van der Waals surface area contributed by atoms with Crippen LogP contribution in [0.1, 0.15) is 30.9 Å². The van der Waals surface area contributed by atoms with Gasteiger partial charge < -0.3 is 15.2 Å². The quantitative estimate of drug-likeness (QED) is 0.555. The summed E-state index contributed by atoms with van der Waals surface area (Å²) in [5, 5.41) is 13.2. The molecule has 0 spiro atoms. The van der Waals surface area contributed by atoms with Crippen molar-refractivity contribution in [1.82, 2.24) is 10.2 Å². The molecular weight excluding hydrogens is 372 g/mol. The fraction of sp³-hybridized carbons (Fsp3) is 0.333. The molecule has 8 heteroatoms. The van der Waals surface area contributed by atoms with Crippen LogP contribution in [-0.2, 0) is 14.4 Å². The Bertz CT molecular complexity index is 759. The van der Waals surface area contributed by atoms with Crippen LogP contribution in [0.2, 0.25) is 0 Å². The topological polar surface area (TPSA) is 89.5 Å². The van der Waals surface area contributed by atoms with E-state index in [2.05, 4.69) is 5.32 Å². The van der Waals surface area contributed by atoms with Crippen molar-refractivity contribution in [3.8, 4) is 0 Å². The predicted molar refractivity (Wildman–Crippen MR) is 103 cm³/mol. The maximum atomic E-state index is 12.5. The Hall–Kier alpha value is -2.19. The Morgan fingerprint density at radius 2 is 2.00 bits per heavy atom. The number of amides is 2. The minimum Gasteiger partial charge on any atom is -0.548 e. The van der Waals surface area contributed by atoms with Crippen LogP contribution in [0.4, 0.5) is 0 Å². The van der Waals surface area contributed by atoms with Gasteiger partial charge in [0.05, 0.1) is 16.9 Å². The molecule has 138 valence electrons. The molecule has 1 aliphatic rings. The molecular formula is C18H19N2O4S2-. The van der Waals surface area contributed by atoms with E-state index in [-0.39, 0.29) is 25.3 Å². The van der Waals surface area contributed by atoms with Crippen LogP contribution in [-0.4, -0.2) is 39.6 Å². The highest BCUT2D eigenvalue weighted by atomic mass is 32.2. The van der Waals surface area contributed by atoms with E-state index in [4.69, 9.17) is 12.2 Å². The molecule has 2 amide bonds. The summed E-state index contributed by atoms with van der Waals surface area (Å²) in [5.41, 5.74) is 2.02. The molecule has 1 aromatic rings. The Morgan fingerprint density at radius 3 is 2.58 bits per heavy atom. The molecule has 0 unspecified atom stereocenters. The van der Waals surface area contributed by atoms with Crippen LogP contribution in [0.3, 0.4) is 0 Å². The van der Waals surface area contributed by atoms with Gasteiger partial charge in [-0.2, -0.15) is 0 Å². The molecule has 0 saturated carbocycles. The lowest BCUT2D eigenvalue weighted by Crippen LogP contribution is -2.48.